The Hall–Kier alpha value is -0.750. The maximum atomic E-state index is 6.24. The van der Waals surface area contributed by atoms with Crippen molar-refractivity contribution in [1.82, 2.24) is 0 Å². The van der Waals surface area contributed by atoms with E-state index in [4.69, 9.17) is 9.05 Å². The number of rotatable bonds is 0. The van der Waals surface area contributed by atoms with Gasteiger partial charge in [0.1, 0.15) is 0 Å². The van der Waals surface area contributed by atoms with Crippen LogP contribution in [0.4, 0.5) is 0 Å². The molecule has 0 aromatic heterocycles. The molecule has 1 atom stereocenters. The highest BCUT2D eigenvalue weighted by atomic mass is 31.2. The molecule has 2 rings (SSSR count). The lowest BCUT2D eigenvalue weighted by Crippen LogP contribution is -2.17. The first-order valence-corrected chi connectivity index (χ1v) is 8.83. The average Bonchev–Trinajstić information content (AvgIpc) is 2.67. The highest BCUT2D eigenvalue weighted by molar-refractivity contribution is 7.50. The summed E-state index contributed by atoms with van der Waals surface area (Å²) >= 11 is 0. The molecule has 0 fully saturated rings. The van der Waals surface area contributed by atoms with E-state index in [1.165, 1.54) is 11.1 Å². The van der Waals surface area contributed by atoms with Crippen LogP contribution in [0.2, 0.25) is 0 Å². The fourth-order valence-electron chi connectivity index (χ4n) is 2.22. The van der Waals surface area contributed by atoms with Crippen molar-refractivity contribution >= 4 is 8.38 Å². The number of hydrogen-bond donors (Lipinski definition) is 0. The minimum absolute atomic E-state index is 0.0192. The molecule has 118 valence electrons. The lowest BCUT2D eigenvalue weighted by atomic mass is 9.80. The van der Waals surface area contributed by atoms with Gasteiger partial charge in [-0.3, -0.25) is 0 Å². The molecule has 1 aromatic carbocycles. The van der Waals surface area contributed by atoms with Gasteiger partial charge in [0, 0.05) is 5.56 Å². The van der Waals surface area contributed by atoms with Gasteiger partial charge in [-0.05, 0) is 43.2 Å². The topological polar surface area (TPSA) is 18.5 Å². The second kappa shape index (κ2) is 4.88. The van der Waals surface area contributed by atoms with E-state index < -0.39 is 8.38 Å². The Morgan fingerprint density at radius 3 is 1.76 bits per heavy atom. The molecule has 0 aliphatic carbocycles. The van der Waals surface area contributed by atoms with Crippen molar-refractivity contribution in [2.24, 2.45) is 0 Å². The average molecular weight is 308 g/mol. The molecule has 21 heavy (non-hydrogen) atoms. The van der Waals surface area contributed by atoms with E-state index in [0.717, 1.165) is 11.5 Å². The van der Waals surface area contributed by atoms with E-state index in [9.17, 15) is 0 Å². The molecule has 0 radical (unpaired) electrons. The van der Waals surface area contributed by atoms with Gasteiger partial charge < -0.3 is 9.05 Å². The Labute approximate surface area is 131 Å². The summed E-state index contributed by atoms with van der Waals surface area (Å²) in [6.07, 6.45) is 0. The van der Waals surface area contributed by atoms with Gasteiger partial charge in [0.25, 0.3) is 8.38 Å². The Kier molecular flexibility index (Phi) is 3.86. The van der Waals surface area contributed by atoms with Crippen molar-refractivity contribution in [3.8, 4) is 11.5 Å². The number of hydrogen-bond acceptors (Lipinski definition) is 2. The minimum atomic E-state index is -0.925. The Morgan fingerprint density at radius 1 is 0.762 bits per heavy atom. The summed E-state index contributed by atoms with van der Waals surface area (Å²) in [6, 6.07) is 4.46. The summed E-state index contributed by atoms with van der Waals surface area (Å²) in [6.45, 7) is 19.9. The zero-order valence-corrected chi connectivity index (χ0v) is 15.8. The summed E-state index contributed by atoms with van der Waals surface area (Å²) < 4.78 is 12.4. The van der Waals surface area contributed by atoms with Gasteiger partial charge in [-0.15, -0.1) is 0 Å². The smallest absolute Gasteiger partial charge is 0.296 e. The Morgan fingerprint density at radius 2 is 1.33 bits per heavy atom. The third-order valence-electron chi connectivity index (χ3n) is 3.63. The van der Waals surface area contributed by atoms with Crippen molar-refractivity contribution in [1.29, 1.82) is 0 Å². The first-order valence-electron chi connectivity index (χ1n) is 7.65. The summed E-state index contributed by atoms with van der Waals surface area (Å²) in [7, 11) is -0.925. The van der Waals surface area contributed by atoms with Crippen molar-refractivity contribution in [2.75, 3.05) is 0 Å². The SMILES string of the molecule is CC(C)(C)c1cc2c(c(C(C)(C)C)c1)OP(C(C)(C)C)O2. The van der Waals surface area contributed by atoms with Crippen molar-refractivity contribution in [2.45, 2.75) is 78.3 Å². The molecule has 2 nitrogen and oxygen atoms in total. The van der Waals surface area contributed by atoms with Gasteiger partial charge in [-0.2, -0.15) is 0 Å². The van der Waals surface area contributed by atoms with E-state index in [1.54, 1.807) is 0 Å². The predicted octanol–water partition coefficient (Wildman–Crippen LogP) is 6.16. The number of benzene rings is 1. The molecule has 0 spiro atoms. The molecule has 0 saturated heterocycles. The molecule has 0 N–H and O–H groups in total. The lowest BCUT2D eigenvalue weighted by molar-refractivity contribution is 0.509. The molecule has 3 heteroatoms. The molecule has 1 aliphatic rings. The third-order valence-corrected chi connectivity index (χ3v) is 5.44. The lowest BCUT2D eigenvalue weighted by Gasteiger charge is -2.26. The van der Waals surface area contributed by atoms with Crippen LogP contribution in [0, 0.1) is 0 Å². The van der Waals surface area contributed by atoms with Gasteiger partial charge in [0.05, 0.1) is 5.16 Å². The molecule has 0 saturated carbocycles. The second-order valence-corrected chi connectivity index (χ2v) is 11.2. The van der Waals surface area contributed by atoms with Crippen molar-refractivity contribution in [3.63, 3.8) is 0 Å². The van der Waals surface area contributed by atoms with Gasteiger partial charge >= 0.3 is 0 Å². The molecule has 1 heterocycles. The van der Waals surface area contributed by atoms with E-state index in [1.807, 2.05) is 0 Å². The number of fused-ring (bicyclic) bond motifs is 1. The quantitative estimate of drug-likeness (QED) is 0.534. The standard InChI is InChI=1S/C18H29O2P/c1-16(2,3)12-10-13(17(4,5)6)15-14(11-12)19-21(20-15)18(7,8)9/h10-11H,1-9H3. The molecule has 0 bridgehead atoms. The highest BCUT2D eigenvalue weighted by Gasteiger charge is 2.40. The van der Waals surface area contributed by atoms with Crippen molar-refractivity contribution in [3.05, 3.63) is 23.3 Å². The van der Waals surface area contributed by atoms with Crippen LogP contribution in [0.15, 0.2) is 12.1 Å². The molecular weight excluding hydrogens is 279 g/mol. The Bertz CT molecular complexity index is 542. The van der Waals surface area contributed by atoms with Crippen LogP contribution in [-0.2, 0) is 10.8 Å². The van der Waals surface area contributed by atoms with Crippen LogP contribution in [-0.4, -0.2) is 5.16 Å². The summed E-state index contributed by atoms with van der Waals surface area (Å²) in [5, 5.41) is 0.0192. The molecular formula is C18H29O2P. The van der Waals surface area contributed by atoms with Crippen LogP contribution < -0.4 is 9.05 Å². The van der Waals surface area contributed by atoms with Gasteiger partial charge in [0.15, 0.2) is 11.5 Å². The second-order valence-electron chi connectivity index (χ2n) is 8.96. The first-order chi connectivity index (χ1) is 9.30. The molecule has 1 unspecified atom stereocenters. The monoisotopic (exact) mass is 308 g/mol. The van der Waals surface area contributed by atoms with Gasteiger partial charge in [-0.1, -0.05) is 47.6 Å². The largest absolute Gasteiger partial charge is 0.434 e. The Balaban J connectivity index is 2.57. The highest BCUT2D eigenvalue weighted by Crippen LogP contribution is 2.61. The zero-order valence-electron chi connectivity index (χ0n) is 14.9. The van der Waals surface area contributed by atoms with Crippen LogP contribution in [0.5, 0.6) is 11.5 Å². The molecule has 1 aromatic rings. The van der Waals surface area contributed by atoms with Gasteiger partial charge in [0.2, 0.25) is 0 Å². The maximum Gasteiger partial charge on any atom is 0.296 e. The first kappa shape index (κ1) is 16.6. The fraction of sp³-hybridized carbons (Fsp3) is 0.667. The van der Waals surface area contributed by atoms with Crippen LogP contribution in [0.25, 0.3) is 0 Å². The van der Waals surface area contributed by atoms with Crippen LogP contribution >= 0.6 is 8.38 Å². The van der Waals surface area contributed by atoms with Crippen LogP contribution in [0.1, 0.15) is 73.4 Å². The van der Waals surface area contributed by atoms with E-state index in [2.05, 4.69) is 74.4 Å². The normalized spacial score (nSPS) is 19.0. The molecule has 0 amide bonds. The summed E-state index contributed by atoms with van der Waals surface area (Å²) in [5.41, 5.74) is 2.70. The maximum absolute atomic E-state index is 6.24. The minimum Gasteiger partial charge on any atom is -0.434 e. The zero-order chi connectivity index (χ0) is 16.2. The summed E-state index contributed by atoms with van der Waals surface area (Å²) in [5.74, 6) is 1.88. The summed E-state index contributed by atoms with van der Waals surface area (Å²) in [4.78, 5) is 0. The van der Waals surface area contributed by atoms with E-state index in [0.29, 0.717) is 0 Å². The van der Waals surface area contributed by atoms with E-state index in [-0.39, 0.29) is 16.0 Å². The van der Waals surface area contributed by atoms with Crippen LogP contribution in [0.3, 0.4) is 0 Å². The van der Waals surface area contributed by atoms with Crippen molar-refractivity contribution < 1.29 is 9.05 Å². The van der Waals surface area contributed by atoms with Gasteiger partial charge in [-0.25, -0.2) is 0 Å². The fourth-order valence-corrected chi connectivity index (χ4v) is 3.47. The van der Waals surface area contributed by atoms with E-state index >= 15 is 0 Å². The predicted molar refractivity (Wildman–Crippen MR) is 91.8 cm³/mol. The third kappa shape index (κ3) is 3.37. The molecule has 1 aliphatic heterocycles.